The van der Waals surface area contributed by atoms with Crippen LogP contribution < -0.4 is 5.76 Å². The summed E-state index contributed by atoms with van der Waals surface area (Å²) in [7, 11) is 0. The Balaban J connectivity index is 1.65. The van der Waals surface area contributed by atoms with Crippen LogP contribution in [0.1, 0.15) is 25.0 Å². The summed E-state index contributed by atoms with van der Waals surface area (Å²) in [4.78, 5) is 23.8. The monoisotopic (exact) mass is 311 g/mol. The quantitative estimate of drug-likeness (QED) is 0.678. The maximum atomic E-state index is 12.0. The van der Waals surface area contributed by atoms with E-state index >= 15 is 0 Å². The van der Waals surface area contributed by atoms with Crippen LogP contribution in [0.15, 0.2) is 63.8 Å². The van der Waals surface area contributed by atoms with Crippen LogP contribution in [0.25, 0.3) is 11.1 Å². The topological polar surface area (TPSA) is 61.4 Å². The Labute approximate surface area is 133 Å². The van der Waals surface area contributed by atoms with Gasteiger partial charge in [0.2, 0.25) is 0 Å². The molecule has 0 bridgehead atoms. The average Bonchev–Trinajstić information content (AvgIpc) is 2.89. The van der Waals surface area contributed by atoms with Gasteiger partial charge in [-0.15, -0.1) is 0 Å². The molecular formula is C18H17NO4. The van der Waals surface area contributed by atoms with E-state index in [1.807, 2.05) is 43.3 Å². The number of rotatable bonds is 5. The van der Waals surface area contributed by atoms with Crippen LogP contribution in [-0.2, 0) is 16.1 Å². The summed E-state index contributed by atoms with van der Waals surface area (Å²) in [5.74, 6) is -0.811. The Bertz CT molecular complexity index is 863. The third kappa shape index (κ3) is 3.34. The summed E-state index contributed by atoms with van der Waals surface area (Å²) < 4.78 is 12.0. The number of oxazole rings is 1. The lowest BCUT2D eigenvalue weighted by Crippen LogP contribution is -2.18. The van der Waals surface area contributed by atoms with E-state index in [-0.39, 0.29) is 25.0 Å². The van der Waals surface area contributed by atoms with Gasteiger partial charge in [0.05, 0.1) is 11.9 Å². The van der Waals surface area contributed by atoms with E-state index < -0.39 is 5.76 Å². The SMILES string of the molecule is C[C@@H](OC(=O)CCn1c(=O)oc2ccccc21)c1ccccc1. The molecule has 0 aliphatic carbocycles. The third-order valence-corrected chi connectivity index (χ3v) is 3.69. The molecule has 0 aliphatic rings. The fourth-order valence-electron chi connectivity index (χ4n) is 2.48. The van der Waals surface area contributed by atoms with Crippen molar-refractivity contribution in [2.45, 2.75) is 26.0 Å². The highest BCUT2D eigenvalue weighted by molar-refractivity contribution is 5.73. The molecule has 0 saturated heterocycles. The Morgan fingerprint density at radius 2 is 1.83 bits per heavy atom. The smallest absolute Gasteiger partial charge is 0.419 e. The lowest BCUT2D eigenvalue weighted by molar-refractivity contribution is -0.148. The largest absolute Gasteiger partial charge is 0.458 e. The van der Waals surface area contributed by atoms with Crippen molar-refractivity contribution in [3.63, 3.8) is 0 Å². The molecule has 1 heterocycles. The van der Waals surface area contributed by atoms with E-state index in [2.05, 4.69) is 0 Å². The van der Waals surface area contributed by atoms with Gasteiger partial charge in [0.1, 0.15) is 6.10 Å². The van der Waals surface area contributed by atoms with Crippen LogP contribution in [0, 0.1) is 0 Å². The standard InChI is InChI=1S/C18H17NO4/c1-13(14-7-3-2-4-8-14)22-17(20)11-12-19-15-9-5-6-10-16(15)23-18(19)21/h2-10,13H,11-12H2,1H3/t13-/m1/s1. The second-order valence-corrected chi connectivity index (χ2v) is 5.28. The minimum atomic E-state index is -0.463. The van der Waals surface area contributed by atoms with Gasteiger partial charge in [0.15, 0.2) is 5.58 Å². The van der Waals surface area contributed by atoms with Crippen LogP contribution in [0.2, 0.25) is 0 Å². The van der Waals surface area contributed by atoms with Gasteiger partial charge in [-0.3, -0.25) is 9.36 Å². The zero-order valence-electron chi connectivity index (χ0n) is 12.8. The number of carbonyl (C=O) groups is 1. The van der Waals surface area contributed by atoms with Crippen LogP contribution in [0.3, 0.4) is 0 Å². The summed E-state index contributed by atoms with van der Waals surface area (Å²) in [5, 5.41) is 0. The van der Waals surface area contributed by atoms with Crippen molar-refractivity contribution in [1.82, 2.24) is 4.57 Å². The van der Waals surface area contributed by atoms with E-state index in [4.69, 9.17) is 9.15 Å². The van der Waals surface area contributed by atoms with Crippen molar-refractivity contribution in [1.29, 1.82) is 0 Å². The minimum Gasteiger partial charge on any atom is -0.458 e. The summed E-state index contributed by atoms with van der Waals surface area (Å²) in [6.45, 7) is 2.06. The van der Waals surface area contributed by atoms with E-state index in [0.717, 1.165) is 5.56 Å². The zero-order chi connectivity index (χ0) is 16.2. The average molecular weight is 311 g/mol. The van der Waals surface area contributed by atoms with Gasteiger partial charge in [-0.1, -0.05) is 42.5 Å². The number of hydrogen-bond donors (Lipinski definition) is 0. The van der Waals surface area contributed by atoms with Gasteiger partial charge in [0, 0.05) is 6.54 Å². The van der Waals surface area contributed by atoms with Crippen molar-refractivity contribution < 1.29 is 13.9 Å². The molecule has 0 N–H and O–H groups in total. The minimum absolute atomic E-state index is 0.112. The highest BCUT2D eigenvalue weighted by Crippen LogP contribution is 2.17. The predicted molar refractivity (Wildman–Crippen MR) is 86.0 cm³/mol. The summed E-state index contributed by atoms with van der Waals surface area (Å²) in [6, 6.07) is 16.7. The van der Waals surface area contributed by atoms with Crippen LogP contribution >= 0.6 is 0 Å². The van der Waals surface area contributed by atoms with Gasteiger partial charge in [-0.2, -0.15) is 0 Å². The van der Waals surface area contributed by atoms with Crippen molar-refractivity contribution in [2.75, 3.05) is 0 Å². The molecule has 0 fully saturated rings. The number of carbonyl (C=O) groups excluding carboxylic acids is 1. The fourth-order valence-corrected chi connectivity index (χ4v) is 2.48. The molecule has 0 amide bonds. The summed E-state index contributed by atoms with van der Waals surface area (Å²) in [5.41, 5.74) is 2.14. The number of hydrogen-bond acceptors (Lipinski definition) is 4. The predicted octanol–water partition coefficient (Wildman–Crippen LogP) is 3.29. The fraction of sp³-hybridized carbons (Fsp3) is 0.222. The van der Waals surface area contributed by atoms with Gasteiger partial charge < -0.3 is 9.15 Å². The number of para-hydroxylation sites is 2. The Hall–Kier alpha value is -2.82. The van der Waals surface area contributed by atoms with Crippen molar-refractivity contribution >= 4 is 17.1 Å². The number of nitrogens with zero attached hydrogens (tertiary/aromatic N) is 1. The molecule has 0 saturated carbocycles. The van der Waals surface area contributed by atoms with Crippen LogP contribution in [0.5, 0.6) is 0 Å². The summed E-state index contributed by atoms with van der Waals surface area (Å²) in [6.07, 6.45) is -0.206. The number of ether oxygens (including phenoxy) is 1. The first-order valence-electron chi connectivity index (χ1n) is 7.48. The molecule has 1 atom stereocenters. The van der Waals surface area contributed by atoms with E-state index in [1.54, 1.807) is 18.2 Å². The van der Waals surface area contributed by atoms with Crippen molar-refractivity contribution in [2.24, 2.45) is 0 Å². The number of fused-ring (bicyclic) bond motifs is 1. The van der Waals surface area contributed by atoms with E-state index in [0.29, 0.717) is 11.1 Å². The van der Waals surface area contributed by atoms with Gasteiger partial charge in [0.25, 0.3) is 0 Å². The molecule has 118 valence electrons. The van der Waals surface area contributed by atoms with E-state index in [1.165, 1.54) is 4.57 Å². The summed E-state index contributed by atoms with van der Waals surface area (Å²) >= 11 is 0. The van der Waals surface area contributed by atoms with Gasteiger partial charge >= 0.3 is 11.7 Å². The number of aryl methyl sites for hydroxylation is 1. The molecule has 1 aromatic heterocycles. The van der Waals surface area contributed by atoms with Gasteiger partial charge in [-0.25, -0.2) is 4.79 Å². The molecule has 5 heteroatoms. The molecular weight excluding hydrogens is 294 g/mol. The Morgan fingerprint density at radius 1 is 1.13 bits per heavy atom. The van der Waals surface area contributed by atoms with Gasteiger partial charge in [-0.05, 0) is 24.6 Å². The van der Waals surface area contributed by atoms with Crippen molar-refractivity contribution in [3.8, 4) is 0 Å². The number of esters is 1. The first kappa shape index (κ1) is 15.1. The van der Waals surface area contributed by atoms with Crippen LogP contribution in [-0.4, -0.2) is 10.5 Å². The molecule has 5 nitrogen and oxygen atoms in total. The van der Waals surface area contributed by atoms with Crippen molar-refractivity contribution in [3.05, 3.63) is 70.7 Å². The normalized spacial score (nSPS) is 12.2. The zero-order valence-corrected chi connectivity index (χ0v) is 12.8. The molecule has 23 heavy (non-hydrogen) atoms. The second-order valence-electron chi connectivity index (χ2n) is 5.28. The first-order valence-corrected chi connectivity index (χ1v) is 7.48. The molecule has 0 aliphatic heterocycles. The molecule has 3 aromatic rings. The highest BCUT2D eigenvalue weighted by Gasteiger charge is 2.14. The number of benzene rings is 2. The first-order chi connectivity index (χ1) is 11.1. The molecule has 0 radical (unpaired) electrons. The van der Waals surface area contributed by atoms with Crippen LogP contribution in [0.4, 0.5) is 0 Å². The Morgan fingerprint density at radius 3 is 2.61 bits per heavy atom. The lowest BCUT2D eigenvalue weighted by Gasteiger charge is -2.13. The second kappa shape index (κ2) is 6.52. The molecule has 2 aromatic carbocycles. The maximum Gasteiger partial charge on any atom is 0.419 e. The third-order valence-electron chi connectivity index (χ3n) is 3.69. The Kier molecular flexibility index (Phi) is 4.28. The lowest BCUT2D eigenvalue weighted by atomic mass is 10.1. The number of aromatic nitrogens is 1. The highest BCUT2D eigenvalue weighted by atomic mass is 16.5. The molecule has 0 unspecified atom stereocenters. The van der Waals surface area contributed by atoms with E-state index in [9.17, 15) is 9.59 Å². The maximum absolute atomic E-state index is 12.0. The molecule has 0 spiro atoms. The molecule has 3 rings (SSSR count).